The highest BCUT2D eigenvalue weighted by atomic mass is 35.5. The number of anilines is 1. The molecule has 0 unspecified atom stereocenters. The molecule has 0 amide bonds. The molecule has 4 nitrogen and oxygen atoms in total. The molecule has 112 valence electrons. The molecular weight excluding hydrogens is 307 g/mol. The fourth-order valence-corrected chi connectivity index (χ4v) is 1.79. The molecule has 0 saturated carbocycles. The van der Waals surface area contributed by atoms with Crippen LogP contribution in [-0.4, -0.2) is 15.1 Å². The summed E-state index contributed by atoms with van der Waals surface area (Å²) in [5.74, 6) is -0.00596. The molecule has 21 heavy (non-hydrogen) atoms. The normalized spacial score (nSPS) is 11.5. The van der Waals surface area contributed by atoms with E-state index in [-0.39, 0.29) is 19.0 Å². The molecule has 2 rings (SSSR count). The number of hydrogen-bond acceptors (Lipinski definition) is 4. The summed E-state index contributed by atoms with van der Waals surface area (Å²) in [6, 6.07) is 7.77. The number of aromatic nitrogens is 2. The lowest BCUT2D eigenvalue weighted by Gasteiger charge is -2.10. The summed E-state index contributed by atoms with van der Waals surface area (Å²) >= 11 is 5.49. The van der Waals surface area contributed by atoms with E-state index in [0.29, 0.717) is 0 Å². The molecule has 0 aliphatic heterocycles. The number of nitrogens with one attached hydrogen (secondary N) is 1. The first-order valence-electron chi connectivity index (χ1n) is 5.93. The quantitative estimate of drug-likeness (QED) is 0.850. The zero-order valence-corrected chi connectivity index (χ0v) is 11.4. The van der Waals surface area contributed by atoms with Gasteiger partial charge in [-0.05, 0) is 22.7 Å². The van der Waals surface area contributed by atoms with Crippen LogP contribution in [-0.2, 0) is 19.3 Å². The Bertz CT molecular complexity index is 617. The van der Waals surface area contributed by atoms with Gasteiger partial charge in [-0.25, -0.2) is 9.97 Å². The lowest BCUT2D eigenvalue weighted by molar-refractivity contribution is -0.141. The van der Waals surface area contributed by atoms with Gasteiger partial charge < -0.3 is 10.4 Å². The standard InChI is InChI=1S/C13H11ClF3N3O/c14-12-19-10(13(15,16)17)5-11(20-12)18-6-8-1-3-9(7-21)4-2-8/h1-5,21H,6-7H2,(H,18,19,20). The van der Waals surface area contributed by atoms with Crippen molar-refractivity contribution in [3.05, 3.63) is 52.4 Å². The Morgan fingerprint density at radius 1 is 1.10 bits per heavy atom. The summed E-state index contributed by atoms with van der Waals surface area (Å²) in [5.41, 5.74) is 0.485. The second-order valence-electron chi connectivity index (χ2n) is 4.23. The fraction of sp³-hybridized carbons (Fsp3) is 0.231. The third kappa shape index (κ3) is 4.30. The molecule has 0 atom stereocenters. The van der Waals surface area contributed by atoms with Crippen LogP contribution in [0.25, 0.3) is 0 Å². The maximum atomic E-state index is 12.6. The largest absolute Gasteiger partial charge is 0.433 e. The minimum Gasteiger partial charge on any atom is -0.392 e. The smallest absolute Gasteiger partial charge is 0.392 e. The molecule has 0 aliphatic carbocycles. The fourth-order valence-electron chi connectivity index (χ4n) is 1.61. The number of rotatable bonds is 4. The summed E-state index contributed by atoms with van der Waals surface area (Å²) < 4.78 is 37.8. The Balaban J connectivity index is 2.10. The monoisotopic (exact) mass is 317 g/mol. The van der Waals surface area contributed by atoms with Crippen LogP contribution in [0, 0.1) is 0 Å². The van der Waals surface area contributed by atoms with Crippen LogP contribution >= 0.6 is 11.6 Å². The molecule has 2 N–H and O–H groups in total. The molecule has 1 aromatic heterocycles. The number of nitrogens with zero attached hydrogens (tertiary/aromatic N) is 2. The highest BCUT2D eigenvalue weighted by Crippen LogP contribution is 2.29. The zero-order chi connectivity index (χ0) is 15.5. The number of benzene rings is 1. The molecule has 2 aromatic rings. The summed E-state index contributed by atoms with van der Waals surface area (Å²) in [5, 5.41) is 11.2. The van der Waals surface area contributed by atoms with E-state index in [9.17, 15) is 13.2 Å². The van der Waals surface area contributed by atoms with Crippen molar-refractivity contribution in [2.75, 3.05) is 5.32 Å². The first-order chi connectivity index (χ1) is 9.88. The summed E-state index contributed by atoms with van der Waals surface area (Å²) in [6.07, 6.45) is -4.58. The molecule has 8 heteroatoms. The number of aliphatic hydroxyl groups excluding tert-OH is 1. The average Bonchev–Trinajstić information content (AvgIpc) is 2.44. The van der Waals surface area contributed by atoms with Crippen molar-refractivity contribution in [1.82, 2.24) is 9.97 Å². The third-order valence-electron chi connectivity index (χ3n) is 2.67. The summed E-state index contributed by atoms with van der Waals surface area (Å²) in [4.78, 5) is 6.84. The Morgan fingerprint density at radius 3 is 2.29 bits per heavy atom. The van der Waals surface area contributed by atoms with Gasteiger partial charge in [0, 0.05) is 12.6 Å². The Morgan fingerprint density at radius 2 is 1.71 bits per heavy atom. The van der Waals surface area contributed by atoms with Gasteiger partial charge in [0.1, 0.15) is 5.82 Å². The van der Waals surface area contributed by atoms with Crippen molar-refractivity contribution in [2.45, 2.75) is 19.3 Å². The highest BCUT2D eigenvalue weighted by molar-refractivity contribution is 6.28. The molecule has 0 saturated heterocycles. The van der Waals surface area contributed by atoms with Gasteiger partial charge in [-0.1, -0.05) is 24.3 Å². The molecule has 0 fully saturated rings. The molecule has 0 spiro atoms. The summed E-state index contributed by atoms with van der Waals surface area (Å²) in [6.45, 7) is 0.209. The third-order valence-corrected chi connectivity index (χ3v) is 2.84. The van der Waals surface area contributed by atoms with Gasteiger partial charge in [0.15, 0.2) is 5.69 Å². The van der Waals surface area contributed by atoms with E-state index in [2.05, 4.69) is 15.3 Å². The van der Waals surface area contributed by atoms with Crippen LogP contribution < -0.4 is 5.32 Å². The first-order valence-corrected chi connectivity index (χ1v) is 6.30. The van der Waals surface area contributed by atoms with E-state index in [4.69, 9.17) is 16.7 Å². The van der Waals surface area contributed by atoms with Gasteiger partial charge in [0.2, 0.25) is 5.28 Å². The van der Waals surface area contributed by atoms with E-state index in [1.165, 1.54) is 0 Å². The van der Waals surface area contributed by atoms with Crippen molar-refractivity contribution in [3.63, 3.8) is 0 Å². The Hall–Kier alpha value is -1.86. The molecule has 1 heterocycles. The van der Waals surface area contributed by atoms with E-state index < -0.39 is 17.2 Å². The highest BCUT2D eigenvalue weighted by Gasteiger charge is 2.33. The maximum absolute atomic E-state index is 12.6. The molecule has 0 aliphatic rings. The number of hydrogen-bond donors (Lipinski definition) is 2. The van der Waals surface area contributed by atoms with E-state index in [1.54, 1.807) is 24.3 Å². The maximum Gasteiger partial charge on any atom is 0.433 e. The van der Waals surface area contributed by atoms with E-state index >= 15 is 0 Å². The second-order valence-corrected chi connectivity index (χ2v) is 4.57. The predicted molar refractivity (Wildman–Crippen MR) is 71.7 cm³/mol. The second kappa shape index (κ2) is 6.28. The van der Waals surface area contributed by atoms with Gasteiger partial charge in [0.05, 0.1) is 6.61 Å². The van der Waals surface area contributed by atoms with E-state index in [0.717, 1.165) is 17.2 Å². The molecule has 1 aromatic carbocycles. The van der Waals surface area contributed by atoms with Gasteiger partial charge >= 0.3 is 6.18 Å². The van der Waals surface area contributed by atoms with Crippen molar-refractivity contribution in [2.24, 2.45) is 0 Å². The van der Waals surface area contributed by atoms with Gasteiger partial charge in [0.25, 0.3) is 0 Å². The molecule has 0 radical (unpaired) electrons. The van der Waals surface area contributed by atoms with Crippen LogP contribution in [0.5, 0.6) is 0 Å². The van der Waals surface area contributed by atoms with Crippen molar-refractivity contribution >= 4 is 17.4 Å². The zero-order valence-electron chi connectivity index (χ0n) is 10.7. The van der Waals surface area contributed by atoms with Crippen molar-refractivity contribution in [3.8, 4) is 0 Å². The van der Waals surface area contributed by atoms with E-state index in [1.807, 2.05) is 0 Å². The average molecular weight is 318 g/mol. The summed E-state index contributed by atoms with van der Waals surface area (Å²) in [7, 11) is 0. The SMILES string of the molecule is OCc1ccc(CNc2cc(C(F)(F)F)nc(Cl)n2)cc1. The van der Waals surface area contributed by atoms with Crippen LogP contribution in [0.3, 0.4) is 0 Å². The molecule has 0 bridgehead atoms. The number of alkyl halides is 3. The predicted octanol–water partition coefficient (Wildman–Crippen LogP) is 3.25. The number of aliphatic hydroxyl groups is 1. The lowest BCUT2D eigenvalue weighted by atomic mass is 10.1. The minimum absolute atomic E-state index is 0.00596. The Kier molecular flexibility index (Phi) is 4.64. The van der Waals surface area contributed by atoms with Crippen molar-refractivity contribution < 1.29 is 18.3 Å². The number of halogens is 4. The topological polar surface area (TPSA) is 58.0 Å². The lowest BCUT2D eigenvalue weighted by Crippen LogP contribution is -2.11. The van der Waals surface area contributed by atoms with Gasteiger partial charge in [-0.2, -0.15) is 13.2 Å². The van der Waals surface area contributed by atoms with Crippen LogP contribution in [0.4, 0.5) is 19.0 Å². The molecular formula is C13H11ClF3N3O. The van der Waals surface area contributed by atoms with Gasteiger partial charge in [-0.3, -0.25) is 0 Å². The Labute approximate surface area is 123 Å². The van der Waals surface area contributed by atoms with Crippen LogP contribution in [0.2, 0.25) is 5.28 Å². The van der Waals surface area contributed by atoms with Crippen LogP contribution in [0.15, 0.2) is 30.3 Å². The first kappa shape index (κ1) is 15.5. The van der Waals surface area contributed by atoms with Crippen molar-refractivity contribution in [1.29, 1.82) is 0 Å². The van der Waals surface area contributed by atoms with Gasteiger partial charge in [-0.15, -0.1) is 0 Å². The van der Waals surface area contributed by atoms with Crippen LogP contribution in [0.1, 0.15) is 16.8 Å². The minimum atomic E-state index is -4.58.